The number of rotatable bonds is 3. The maximum absolute atomic E-state index is 11.3. The van der Waals surface area contributed by atoms with Crippen molar-refractivity contribution in [1.29, 1.82) is 0 Å². The molecule has 1 amide bonds. The van der Waals surface area contributed by atoms with Crippen LogP contribution in [0.15, 0.2) is 30.7 Å². The van der Waals surface area contributed by atoms with Crippen LogP contribution in [0.5, 0.6) is 5.75 Å². The summed E-state index contributed by atoms with van der Waals surface area (Å²) in [7, 11) is 0. The van der Waals surface area contributed by atoms with Crippen molar-refractivity contribution in [2.45, 2.75) is 13.0 Å². The van der Waals surface area contributed by atoms with Gasteiger partial charge in [-0.1, -0.05) is 11.6 Å². The fourth-order valence-corrected chi connectivity index (χ4v) is 2.27. The number of nitrogens with zero attached hydrogens (tertiary/aromatic N) is 2. The predicted octanol–water partition coefficient (Wildman–Crippen LogP) is 2.63. The Morgan fingerprint density at radius 1 is 1.43 bits per heavy atom. The SMILES string of the molecule is CC(Nc1cc2c(cc1Cl)NC(=O)CO2)c1cnccn1. The van der Waals surface area contributed by atoms with Gasteiger partial charge in [0.25, 0.3) is 5.91 Å². The van der Waals surface area contributed by atoms with Gasteiger partial charge in [0.15, 0.2) is 6.61 Å². The quantitative estimate of drug-likeness (QED) is 0.911. The number of hydrogen-bond acceptors (Lipinski definition) is 5. The van der Waals surface area contributed by atoms with Crippen LogP contribution in [0.2, 0.25) is 5.02 Å². The van der Waals surface area contributed by atoms with Gasteiger partial charge in [-0.15, -0.1) is 0 Å². The molecule has 108 valence electrons. The van der Waals surface area contributed by atoms with Crippen molar-refractivity contribution in [2.75, 3.05) is 17.2 Å². The first kappa shape index (κ1) is 13.6. The van der Waals surface area contributed by atoms with Gasteiger partial charge in [-0.25, -0.2) is 0 Å². The Bertz CT molecular complexity index is 678. The van der Waals surface area contributed by atoms with Gasteiger partial charge in [-0.05, 0) is 13.0 Å². The molecule has 1 aromatic heterocycles. The first-order valence-corrected chi connectivity index (χ1v) is 6.80. The average Bonchev–Trinajstić information content (AvgIpc) is 2.49. The summed E-state index contributed by atoms with van der Waals surface area (Å²) >= 11 is 6.24. The molecule has 2 heterocycles. The molecule has 21 heavy (non-hydrogen) atoms. The van der Waals surface area contributed by atoms with Crippen LogP contribution in [-0.4, -0.2) is 22.5 Å². The Labute approximate surface area is 126 Å². The third-order valence-electron chi connectivity index (χ3n) is 3.10. The highest BCUT2D eigenvalue weighted by atomic mass is 35.5. The molecule has 1 aromatic carbocycles. The Morgan fingerprint density at radius 3 is 3.05 bits per heavy atom. The van der Waals surface area contributed by atoms with Crippen LogP contribution in [-0.2, 0) is 4.79 Å². The van der Waals surface area contributed by atoms with Crippen LogP contribution >= 0.6 is 11.6 Å². The summed E-state index contributed by atoms with van der Waals surface area (Å²) in [4.78, 5) is 19.6. The molecule has 1 atom stereocenters. The number of carbonyl (C=O) groups is 1. The van der Waals surface area contributed by atoms with E-state index in [0.29, 0.717) is 22.1 Å². The van der Waals surface area contributed by atoms with E-state index in [0.717, 1.165) is 5.69 Å². The van der Waals surface area contributed by atoms with Crippen molar-refractivity contribution in [3.63, 3.8) is 0 Å². The summed E-state index contributed by atoms with van der Waals surface area (Å²) in [5.74, 6) is 0.403. The Kier molecular flexibility index (Phi) is 3.62. The van der Waals surface area contributed by atoms with Crippen molar-refractivity contribution >= 4 is 28.9 Å². The molecular weight excluding hydrogens is 292 g/mol. The lowest BCUT2D eigenvalue weighted by Crippen LogP contribution is -2.25. The van der Waals surface area contributed by atoms with Gasteiger partial charge in [0.2, 0.25) is 0 Å². The zero-order valence-corrected chi connectivity index (χ0v) is 12.0. The fourth-order valence-electron chi connectivity index (χ4n) is 2.05. The molecule has 7 heteroatoms. The Hall–Kier alpha value is -2.34. The number of aromatic nitrogens is 2. The van der Waals surface area contributed by atoms with Gasteiger partial charge >= 0.3 is 0 Å². The number of halogens is 1. The van der Waals surface area contributed by atoms with Crippen molar-refractivity contribution < 1.29 is 9.53 Å². The maximum atomic E-state index is 11.3. The molecule has 0 saturated carbocycles. The molecule has 1 aliphatic rings. The van der Waals surface area contributed by atoms with Crippen LogP contribution in [0, 0.1) is 0 Å². The van der Waals surface area contributed by atoms with E-state index in [1.165, 1.54) is 0 Å². The highest BCUT2D eigenvalue weighted by Crippen LogP contribution is 2.37. The fraction of sp³-hybridized carbons (Fsp3) is 0.214. The molecule has 0 radical (unpaired) electrons. The van der Waals surface area contributed by atoms with Crippen LogP contribution in [0.1, 0.15) is 18.7 Å². The highest BCUT2D eigenvalue weighted by Gasteiger charge is 2.19. The topological polar surface area (TPSA) is 76.1 Å². The second-order valence-electron chi connectivity index (χ2n) is 4.66. The first-order chi connectivity index (χ1) is 10.1. The summed E-state index contributed by atoms with van der Waals surface area (Å²) in [6, 6.07) is 3.37. The summed E-state index contributed by atoms with van der Waals surface area (Å²) < 4.78 is 5.38. The molecule has 2 N–H and O–H groups in total. The minimum absolute atomic E-state index is 0.00772. The number of fused-ring (bicyclic) bond motifs is 1. The standard InChI is InChI=1S/C14H13ClN4O2/c1-8(12-6-16-2-3-17-12)18-10-5-13-11(4-9(10)15)19-14(20)7-21-13/h2-6,8,18H,7H2,1H3,(H,19,20). The predicted molar refractivity (Wildman–Crippen MR) is 79.6 cm³/mol. The molecule has 0 bridgehead atoms. The van der Waals surface area contributed by atoms with E-state index in [4.69, 9.17) is 16.3 Å². The second kappa shape index (κ2) is 5.57. The molecule has 6 nitrogen and oxygen atoms in total. The summed E-state index contributed by atoms with van der Waals surface area (Å²) in [5.41, 5.74) is 2.10. The van der Waals surface area contributed by atoms with Gasteiger partial charge in [-0.3, -0.25) is 14.8 Å². The summed E-state index contributed by atoms with van der Waals surface area (Å²) in [6.07, 6.45) is 4.96. The number of ether oxygens (including phenoxy) is 1. The number of amides is 1. The number of nitrogens with one attached hydrogen (secondary N) is 2. The van der Waals surface area contributed by atoms with Crippen LogP contribution in [0.4, 0.5) is 11.4 Å². The van der Waals surface area contributed by atoms with E-state index in [-0.39, 0.29) is 18.6 Å². The third kappa shape index (κ3) is 2.90. The normalized spacial score (nSPS) is 14.7. The van der Waals surface area contributed by atoms with Gasteiger partial charge in [0.05, 0.1) is 34.3 Å². The van der Waals surface area contributed by atoms with Gasteiger partial charge in [-0.2, -0.15) is 0 Å². The Balaban J connectivity index is 1.84. The summed E-state index contributed by atoms with van der Waals surface area (Å²) in [6.45, 7) is 1.97. The van der Waals surface area contributed by atoms with Crippen LogP contribution < -0.4 is 15.4 Å². The van der Waals surface area contributed by atoms with Gasteiger partial charge in [0.1, 0.15) is 5.75 Å². The smallest absolute Gasteiger partial charge is 0.262 e. The monoisotopic (exact) mass is 304 g/mol. The molecule has 1 aliphatic heterocycles. The highest BCUT2D eigenvalue weighted by molar-refractivity contribution is 6.33. The molecule has 0 spiro atoms. The lowest BCUT2D eigenvalue weighted by Gasteiger charge is -2.21. The van der Waals surface area contributed by atoms with Crippen LogP contribution in [0.25, 0.3) is 0 Å². The minimum Gasteiger partial charge on any atom is -0.482 e. The minimum atomic E-state index is -0.188. The van der Waals surface area contributed by atoms with Crippen molar-refractivity contribution in [1.82, 2.24) is 9.97 Å². The molecule has 0 fully saturated rings. The first-order valence-electron chi connectivity index (χ1n) is 6.42. The van der Waals surface area contributed by atoms with Crippen LogP contribution in [0.3, 0.4) is 0 Å². The van der Waals surface area contributed by atoms with E-state index >= 15 is 0 Å². The average molecular weight is 305 g/mol. The lowest BCUT2D eigenvalue weighted by atomic mass is 10.2. The lowest BCUT2D eigenvalue weighted by molar-refractivity contribution is -0.118. The molecule has 1 unspecified atom stereocenters. The van der Waals surface area contributed by atoms with Gasteiger partial charge in [0, 0.05) is 18.5 Å². The van der Waals surface area contributed by atoms with Crippen molar-refractivity contribution in [2.24, 2.45) is 0 Å². The Morgan fingerprint density at radius 2 is 2.29 bits per heavy atom. The number of carbonyl (C=O) groups excluding carboxylic acids is 1. The van der Waals surface area contributed by atoms with E-state index in [9.17, 15) is 4.79 Å². The maximum Gasteiger partial charge on any atom is 0.262 e. The van der Waals surface area contributed by atoms with E-state index in [1.807, 2.05) is 6.92 Å². The van der Waals surface area contributed by atoms with E-state index in [1.54, 1.807) is 30.7 Å². The number of benzene rings is 1. The third-order valence-corrected chi connectivity index (χ3v) is 3.41. The molecular formula is C14H13ClN4O2. The van der Waals surface area contributed by atoms with E-state index in [2.05, 4.69) is 20.6 Å². The second-order valence-corrected chi connectivity index (χ2v) is 5.07. The largest absolute Gasteiger partial charge is 0.482 e. The molecule has 2 aromatic rings. The van der Waals surface area contributed by atoms with Gasteiger partial charge < -0.3 is 15.4 Å². The molecule has 0 aliphatic carbocycles. The van der Waals surface area contributed by atoms with Crippen molar-refractivity contribution in [3.8, 4) is 5.75 Å². The number of anilines is 2. The molecule has 0 saturated heterocycles. The zero-order chi connectivity index (χ0) is 14.8. The van der Waals surface area contributed by atoms with Crippen molar-refractivity contribution in [3.05, 3.63) is 41.4 Å². The number of hydrogen-bond donors (Lipinski definition) is 2. The summed E-state index contributed by atoms with van der Waals surface area (Å²) in [5, 5.41) is 6.47. The van der Waals surface area contributed by atoms with E-state index < -0.39 is 0 Å². The zero-order valence-electron chi connectivity index (χ0n) is 11.3. The molecule has 3 rings (SSSR count).